The third-order valence-electron chi connectivity index (χ3n) is 3.97. The van der Waals surface area contributed by atoms with E-state index in [1.165, 1.54) is 6.20 Å². The Balaban J connectivity index is 1.94. The van der Waals surface area contributed by atoms with Gasteiger partial charge in [-0.25, -0.2) is 4.98 Å². The van der Waals surface area contributed by atoms with Gasteiger partial charge >= 0.3 is 6.18 Å². The second kappa shape index (κ2) is 7.63. The van der Waals surface area contributed by atoms with Crippen molar-refractivity contribution in [2.75, 3.05) is 13.2 Å². The van der Waals surface area contributed by atoms with Crippen LogP contribution in [0.15, 0.2) is 18.3 Å². The fraction of sp³-hybridized carbons (Fsp3) is 0.600. The summed E-state index contributed by atoms with van der Waals surface area (Å²) < 4.78 is 41.4. The highest BCUT2D eigenvalue weighted by Gasteiger charge is 2.32. The summed E-state index contributed by atoms with van der Waals surface area (Å²) in [5.74, 6) is -0.198. The van der Waals surface area contributed by atoms with Crippen molar-refractivity contribution in [1.29, 1.82) is 0 Å². The number of ether oxygens (including phenoxy) is 1. The van der Waals surface area contributed by atoms with Crippen LogP contribution in [0, 0.1) is 11.8 Å². The van der Waals surface area contributed by atoms with Gasteiger partial charge in [-0.2, -0.15) is 13.2 Å². The molecule has 128 valence electrons. The van der Waals surface area contributed by atoms with Crippen molar-refractivity contribution in [1.82, 2.24) is 10.3 Å². The maximum absolute atomic E-state index is 12.2. The molecule has 3 N–H and O–H groups in total. The number of nitrogens with two attached hydrogens (primary N) is 1. The molecule has 1 fully saturated rings. The van der Waals surface area contributed by atoms with Crippen LogP contribution in [-0.2, 0) is 11.3 Å². The third-order valence-corrected chi connectivity index (χ3v) is 3.97. The Morgan fingerprint density at radius 2 is 2.22 bits per heavy atom. The lowest BCUT2D eigenvalue weighted by atomic mass is 9.95. The minimum Gasteiger partial charge on any atom is -0.468 e. The van der Waals surface area contributed by atoms with E-state index in [1.54, 1.807) is 12.1 Å². The quantitative estimate of drug-likeness (QED) is 0.836. The van der Waals surface area contributed by atoms with Crippen LogP contribution in [0.3, 0.4) is 0 Å². The highest BCUT2D eigenvalue weighted by atomic mass is 19.4. The minimum absolute atomic E-state index is 0.0770. The zero-order valence-corrected chi connectivity index (χ0v) is 12.6. The molecule has 0 aliphatic heterocycles. The number of hydrogen-bond acceptors (Lipinski definition) is 4. The Labute approximate surface area is 132 Å². The van der Waals surface area contributed by atoms with Gasteiger partial charge in [-0.1, -0.05) is 12.5 Å². The summed E-state index contributed by atoms with van der Waals surface area (Å²) in [5, 5.41) is 2.75. The molecule has 0 unspecified atom stereocenters. The van der Waals surface area contributed by atoms with Crippen molar-refractivity contribution in [2.45, 2.75) is 32.0 Å². The average Bonchev–Trinajstić information content (AvgIpc) is 2.99. The Bertz CT molecular complexity index is 537. The topological polar surface area (TPSA) is 77.2 Å². The standard InChI is InChI=1S/C15H20F3N3O2/c16-15(17,18)9-23-14-11(4-2-6-20-14)8-21-13(22)12-5-1-3-10(12)7-19/h2,4,6,10,12H,1,3,5,7-9,19H2,(H,21,22)/t10-,12-/m1/s1. The zero-order chi connectivity index (χ0) is 16.9. The van der Waals surface area contributed by atoms with E-state index in [4.69, 9.17) is 10.5 Å². The number of rotatable bonds is 6. The van der Waals surface area contributed by atoms with Crippen LogP contribution < -0.4 is 15.8 Å². The van der Waals surface area contributed by atoms with Crippen molar-refractivity contribution in [2.24, 2.45) is 17.6 Å². The van der Waals surface area contributed by atoms with Gasteiger partial charge in [0, 0.05) is 24.2 Å². The fourth-order valence-electron chi connectivity index (χ4n) is 2.82. The van der Waals surface area contributed by atoms with Crippen molar-refractivity contribution in [3.05, 3.63) is 23.9 Å². The van der Waals surface area contributed by atoms with Gasteiger partial charge < -0.3 is 15.8 Å². The maximum Gasteiger partial charge on any atom is 0.422 e. The van der Waals surface area contributed by atoms with E-state index in [9.17, 15) is 18.0 Å². The lowest BCUT2D eigenvalue weighted by molar-refractivity contribution is -0.154. The Hall–Kier alpha value is -1.83. The van der Waals surface area contributed by atoms with Crippen molar-refractivity contribution >= 4 is 5.91 Å². The van der Waals surface area contributed by atoms with E-state index in [0.717, 1.165) is 19.3 Å². The van der Waals surface area contributed by atoms with Crippen molar-refractivity contribution < 1.29 is 22.7 Å². The highest BCUT2D eigenvalue weighted by molar-refractivity contribution is 5.79. The predicted molar refractivity (Wildman–Crippen MR) is 77.5 cm³/mol. The average molecular weight is 331 g/mol. The maximum atomic E-state index is 12.2. The normalized spacial score (nSPS) is 21.2. The molecule has 0 aromatic carbocycles. The second-order valence-electron chi connectivity index (χ2n) is 5.62. The van der Waals surface area contributed by atoms with Gasteiger partial charge in [-0.3, -0.25) is 4.79 Å². The molecule has 0 bridgehead atoms. The van der Waals surface area contributed by atoms with Gasteiger partial charge in [-0.05, 0) is 31.4 Å². The molecule has 2 atom stereocenters. The van der Waals surface area contributed by atoms with E-state index in [0.29, 0.717) is 12.1 Å². The Kier molecular flexibility index (Phi) is 5.81. The zero-order valence-electron chi connectivity index (χ0n) is 12.6. The summed E-state index contributed by atoms with van der Waals surface area (Å²) in [5.41, 5.74) is 6.07. The number of aromatic nitrogens is 1. The van der Waals surface area contributed by atoms with Crippen LogP contribution in [0.2, 0.25) is 0 Å². The molecule has 1 aromatic heterocycles. The molecule has 23 heavy (non-hydrogen) atoms. The monoisotopic (exact) mass is 331 g/mol. The van der Waals surface area contributed by atoms with Crippen molar-refractivity contribution in [3.8, 4) is 5.88 Å². The number of alkyl halides is 3. The van der Waals surface area contributed by atoms with Crippen LogP contribution in [0.4, 0.5) is 13.2 Å². The number of carbonyl (C=O) groups excluding carboxylic acids is 1. The van der Waals surface area contributed by atoms with E-state index >= 15 is 0 Å². The summed E-state index contributed by atoms with van der Waals surface area (Å²) in [6, 6.07) is 3.16. The third kappa shape index (κ3) is 5.09. The number of nitrogens with zero attached hydrogens (tertiary/aromatic N) is 1. The van der Waals surface area contributed by atoms with E-state index < -0.39 is 12.8 Å². The molecule has 0 saturated heterocycles. The number of halogens is 3. The molecular formula is C15H20F3N3O2. The highest BCUT2D eigenvalue weighted by Crippen LogP contribution is 2.31. The molecule has 5 nitrogen and oxygen atoms in total. The minimum atomic E-state index is -4.43. The van der Waals surface area contributed by atoms with Crippen molar-refractivity contribution in [3.63, 3.8) is 0 Å². The molecule has 8 heteroatoms. The molecule has 0 radical (unpaired) electrons. The molecule has 1 aliphatic carbocycles. The molecule has 2 rings (SSSR count). The van der Waals surface area contributed by atoms with Gasteiger partial charge in [0.25, 0.3) is 0 Å². The summed E-state index contributed by atoms with van der Waals surface area (Å²) >= 11 is 0. The van der Waals surface area contributed by atoms with Crippen LogP contribution >= 0.6 is 0 Å². The summed E-state index contributed by atoms with van der Waals surface area (Å²) in [7, 11) is 0. The smallest absolute Gasteiger partial charge is 0.422 e. The first-order valence-corrected chi connectivity index (χ1v) is 7.52. The number of carbonyl (C=O) groups is 1. The summed E-state index contributed by atoms with van der Waals surface area (Å²) in [4.78, 5) is 16.0. The largest absolute Gasteiger partial charge is 0.468 e. The fourth-order valence-corrected chi connectivity index (χ4v) is 2.82. The van der Waals surface area contributed by atoms with Crippen LogP contribution in [0.5, 0.6) is 5.88 Å². The van der Waals surface area contributed by atoms with Gasteiger partial charge in [0.2, 0.25) is 11.8 Å². The molecule has 1 heterocycles. The molecule has 1 aromatic rings. The number of amides is 1. The van der Waals surface area contributed by atoms with E-state index in [-0.39, 0.29) is 30.2 Å². The number of hydrogen-bond donors (Lipinski definition) is 2. The molecule has 1 amide bonds. The van der Waals surface area contributed by atoms with Crippen LogP contribution in [-0.4, -0.2) is 30.2 Å². The van der Waals surface area contributed by atoms with E-state index in [1.807, 2.05) is 0 Å². The lowest BCUT2D eigenvalue weighted by Gasteiger charge is -2.18. The van der Waals surface area contributed by atoms with Gasteiger partial charge in [0.05, 0.1) is 0 Å². The first-order chi connectivity index (χ1) is 10.9. The summed E-state index contributed by atoms with van der Waals surface area (Å²) in [6.07, 6.45) is -0.402. The summed E-state index contributed by atoms with van der Waals surface area (Å²) in [6.45, 7) is -0.874. The van der Waals surface area contributed by atoms with Crippen LogP contribution in [0.25, 0.3) is 0 Å². The first kappa shape index (κ1) is 17.5. The Morgan fingerprint density at radius 3 is 2.91 bits per heavy atom. The number of nitrogens with one attached hydrogen (secondary N) is 1. The van der Waals surface area contributed by atoms with E-state index in [2.05, 4.69) is 10.3 Å². The molecule has 0 spiro atoms. The van der Waals surface area contributed by atoms with Gasteiger partial charge in [0.15, 0.2) is 6.61 Å². The lowest BCUT2D eigenvalue weighted by Crippen LogP contribution is -2.34. The predicted octanol–water partition coefficient (Wildman–Crippen LogP) is 2.01. The SMILES string of the molecule is NC[C@H]1CCC[C@H]1C(=O)NCc1cccnc1OCC(F)(F)F. The second-order valence-corrected chi connectivity index (χ2v) is 5.62. The van der Waals surface area contributed by atoms with Gasteiger partial charge in [0.1, 0.15) is 0 Å². The number of pyridine rings is 1. The molecular weight excluding hydrogens is 311 g/mol. The first-order valence-electron chi connectivity index (χ1n) is 7.52. The Morgan fingerprint density at radius 1 is 1.43 bits per heavy atom. The van der Waals surface area contributed by atoms with Gasteiger partial charge in [-0.15, -0.1) is 0 Å². The molecule has 1 aliphatic rings. The molecule has 1 saturated carbocycles. The van der Waals surface area contributed by atoms with Crippen LogP contribution in [0.1, 0.15) is 24.8 Å².